The second-order valence-corrected chi connectivity index (χ2v) is 4.93. The van der Waals surface area contributed by atoms with Crippen LogP contribution in [0.15, 0.2) is 35.9 Å². The minimum Gasteiger partial charge on any atom is -0.370 e. The average Bonchev–Trinajstić information content (AvgIpc) is 2.18. The molecule has 0 unspecified atom stereocenters. The van der Waals surface area contributed by atoms with E-state index in [1.807, 2.05) is 0 Å². The predicted molar refractivity (Wildman–Crippen MR) is 76.5 cm³/mol. The molecule has 0 heterocycles. The molecule has 0 aliphatic rings. The zero-order valence-electron chi connectivity index (χ0n) is 9.63. The van der Waals surface area contributed by atoms with Gasteiger partial charge >= 0.3 is 0 Å². The topological polar surface area (TPSA) is 3.24 Å². The lowest BCUT2D eigenvalue weighted by Crippen LogP contribution is -2.20. The molecule has 0 amide bonds. The van der Waals surface area contributed by atoms with Crippen molar-refractivity contribution in [1.29, 1.82) is 0 Å². The standard InChI is InChI=1S/C13H18IN/c1-4-7-11(2)10-15(3)13-9-6-5-8-12(13)14/h5-9H,4,10H2,1-3H3/b11-7+. The van der Waals surface area contributed by atoms with Crippen LogP contribution in [0.5, 0.6) is 0 Å². The van der Waals surface area contributed by atoms with Crippen LogP contribution in [0.2, 0.25) is 0 Å². The van der Waals surface area contributed by atoms with Crippen LogP contribution in [-0.2, 0) is 0 Å². The number of benzene rings is 1. The summed E-state index contributed by atoms with van der Waals surface area (Å²) in [5.41, 5.74) is 2.74. The van der Waals surface area contributed by atoms with Crippen molar-refractivity contribution in [3.8, 4) is 0 Å². The van der Waals surface area contributed by atoms with Crippen molar-refractivity contribution in [3.05, 3.63) is 39.5 Å². The lowest BCUT2D eigenvalue weighted by atomic mass is 10.2. The van der Waals surface area contributed by atoms with Gasteiger partial charge in [0.1, 0.15) is 0 Å². The van der Waals surface area contributed by atoms with Gasteiger partial charge < -0.3 is 4.90 Å². The van der Waals surface area contributed by atoms with Crippen LogP contribution < -0.4 is 4.90 Å². The van der Waals surface area contributed by atoms with E-state index in [-0.39, 0.29) is 0 Å². The summed E-state index contributed by atoms with van der Waals surface area (Å²) >= 11 is 2.38. The Morgan fingerprint density at radius 3 is 2.67 bits per heavy atom. The van der Waals surface area contributed by atoms with Gasteiger partial charge in [-0.05, 0) is 48.1 Å². The summed E-state index contributed by atoms with van der Waals surface area (Å²) in [6, 6.07) is 8.48. The second kappa shape index (κ2) is 6.16. The third-order valence-electron chi connectivity index (χ3n) is 2.30. The lowest BCUT2D eigenvalue weighted by Gasteiger charge is -2.21. The van der Waals surface area contributed by atoms with Crippen LogP contribution in [-0.4, -0.2) is 13.6 Å². The number of anilines is 1. The molecule has 1 rings (SSSR count). The highest BCUT2D eigenvalue weighted by molar-refractivity contribution is 14.1. The first-order chi connectivity index (χ1) is 7.15. The first-order valence-electron chi connectivity index (χ1n) is 5.26. The van der Waals surface area contributed by atoms with Gasteiger partial charge in [-0.3, -0.25) is 0 Å². The van der Waals surface area contributed by atoms with Gasteiger partial charge in [-0.15, -0.1) is 0 Å². The van der Waals surface area contributed by atoms with E-state index in [2.05, 4.69) is 78.7 Å². The molecule has 1 aromatic rings. The number of halogens is 1. The van der Waals surface area contributed by atoms with E-state index in [9.17, 15) is 0 Å². The zero-order valence-corrected chi connectivity index (χ0v) is 11.8. The van der Waals surface area contributed by atoms with Gasteiger partial charge in [0.05, 0.1) is 5.69 Å². The highest BCUT2D eigenvalue weighted by Gasteiger charge is 2.04. The Balaban J connectivity index is 2.73. The highest BCUT2D eigenvalue weighted by Crippen LogP contribution is 2.21. The van der Waals surface area contributed by atoms with Crippen LogP contribution in [0.4, 0.5) is 5.69 Å². The van der Waals surface area contributed by atoms with Crippen LogP contribution in [0, 0.1) is 3.57 Å². The predicted octanol–water partition coefficient (Wildman–Crippen LogP) is 4.08. The van der Waals surface area contributed by atoms with E-state index >= 15 is 0 Å². The van der Waals surface area contributed by atoms with Crippen molar-refractivity contribution in [2.75, 3.05) is 18.5 Å². The zero-order chi connectivity index (χ0) is 11.3. The fourth-order valence-electron chi connectivity index (χ4n) is 1.63. The summed E-state index contributed by atoms with van der Waals surface area (Å²) in [6.45, 7) is 5.37. The fraction of sp³-hybridized carbons (Fsp3) is 0.385. The minimum absolute atomic E-state index is 1.01. The molecule has 0 aromatic heterocycles. The minimum atomic E-state index is 1.01. The average molecular weight is 315 g/mol. The summed E-state index contributed by atoms with van der Waals surface area (Å²) < 4.78 is 1.31. The van der Waals surface area contributed by atoms with Crippen molar-refractivity contribution in [1.82, 2.24) is 0 Å². The highest BCUT2D eigenvalue weighted by atomic mass is 127. The number of hydrogen-bond acceptors (Lipinski definition) is 1. The van der Waals surface area contributed by atoms with E-state index in [1.165, 1.54) is 14.8 Å². The summed E-state index contributed by atoms with van der Waals surface area (Å²) in [5, 5.41) is 0. The van der Waals surface area contributed by atoms with Crippen molar-refractivity contribution in [2.24, 2.45) is 0 Å². The number of nitrogens with zero attached hydrogens (tertiary/aromatic N) is 1. The Morgan fingerprint density at radius 1 is 1.40 bits per heavy atom. The molecule has 0 spiro atoms. The summed E-state index contributed by atoms with van der Waals surface area (Å²) in [5.74, 6) is 0. The maximum atomic E-state index is 2.38. The first kappa shape index (κ1) is 12.6. The monoisotopic (exact) mass is 315 g/mol. The molecule has 0 atom stereocenters. The molecule has 0 aliphatic heterocycles. The largest absolute Gasteiger partial charge is 0.370 e. The number of para-hydroxylation sites is 1. The van der Waals surface area contributed by atoms with Gasteiger partial charge in [0.15, 0.2) is 0 Å². The molecular weight excluding hydrogens is 297 g/mol. The summed E-state index contributed by atoms with van der Waals surface area (Å²) in [7, 11) is 2.14. The Labute approximate surface area is 106 Å². The molecule has 15 heavy (non-hydrogen) atoms. The molecule has 1 aromatic carbocycles. The van der Waals surface area contributed by atoms with Crippen LogP contribution in [0.25, 0.3) is 0 Å². The number of hydrogen-bond donors (Lipinski definition) is 0. The molecule has 0 fully saturated rings. The third kappa shape index (κ3) is 3.86. The molecule has 82 valence electrons. The van der Waals surface area contributed by atoms with Crippen LogP contribution >= 0.6 is 22.6 Å². The van der Waals surface area contributed by atoms with Gasteiger partial charge in [-0.1, -0.05) is 30.7 Å². The maximum absolute atomic E-state index is 2.38. The Bertz CT molecular complexity index is 344. The van der Waals surface area contributed by atoms with Gasteiger partial charge in [0.2, 0.25) is 0 Å². The van der Waals surface area contributed by atoms with E-state index in [4.69, 9.17) is 0 Å². The van der Waals surface area contributed by atoms with Gasteiger partial charge in [0.25, 0.3) is 0 Å². The van der Waals surface area contributed by atoms with Gasteiger partial charge in [-0.2, -0.15) is 0 Å². The maximum Gasteiger partial charge on any atom is 0.0502 e. The molecule has 0 saturated heterocycles. The molecule has 0 bridgehead atoms. The van der Waals surface area contributed by atoms with Crippen molar-refractivity contribution in [3.63, 3.8) is 0 Å². The van der Waals surface area contributed by atoms with E-state index in [0.717, 1.165) is 13.0 Å². The first-order valence-corrected chi connectivity index (χ1v) is 6.34. The Kier molecular flexibility index (Phi) is 5.15. The fourth-order valence-corrected chi connectivity index (χ4v) is 2.43. The van der Waals surface area contributed by atoms with Crippen LogP contribution in [0.3, 0.4) is 0 Å². The molecule has 0 radical (unpaired) electrons. The number of rotatable bonds is 4. The molecular formula is C13H18IN. The smallest absolute Gasteiger partial charge is 0.0502 e. The van der Waals surface area contributed by atoms with E-state index in [1.54, 1.807) is 0 Å². The summed E-state index contributed by atoms with van der Waals surface area (Å²) in [4.78, 5) is 2.29. The Hall–Kier alpha value is -0.510. The molecule has 0 aliphatic carbocycles. The quantitative estimate of drug-likeness (QED) is 0.598. The second-order valence-electron chi connectivity index (χ2n) is 3.77. The number of allylic oxidation sites excluding steroid dienone is 1. The van der Waals surface area contributed by atoms with E-state index in [0.29, 0.717) is 0 Å². The SMILES string of the molecule is CC/C=C(\C)CN(C)c1ccccc1I. The van der Waals surface area contributed by atoms with Crippen LogP contribution in [0.1, 0.15) is 20.3 Å². The summed E-state index contributed by atoms with van der Waals surface area (Å²) in [6.07, 6.45) is 3.40. The molecule has 2 heteroatoms. The van der Waals surface area contributed by atoms with Gasteiger partial charge in [0, 0.05) is 17.2 Å². The van der Waals surface area contributed by atoms with Crippen molar-refractivity contribution < 1.29 is 0 Å². The van der Waals surface area contributed by atoms with E-state index < -0.39 is 0 Å². The molecule has 0 saturated carbocycles. The third-order valence-corrected chi connectivity index (χ3v) is 3.22. The lowest BCUT2D eigenvalue weighted by molar-refractivity contribution is 0.966. The van der Waals surface area contributed by atoms with Gasteiger partial charge in [-0.25, -0.2) is 0 Å². The Morgan fingerprint density at radius 2 is 2.07 bits per heavy atom. The normalized spacial score (nSPS) is 11.6. The molecule has 0 N–H and O–H groups in total. The molecule has 1 nitrogen and oxygen atoms in total. The number of likely N-dealkylation sites (N-methyl/N-ethyl adjacent to an activating group) is 1. The van der Waals surface area contributed by atoms with Crippen molar-refractivity contribution in [2.45, 2.75) is 20.3 Å². The van der Waals surface area contributed by atoms with Crippen molar-refractivity contribution >= 4 is 28.3 Å².